The number of hydrogen-bond acceptors (Lipinski definition) is 4. The molecule has 0 radical (unpaired) electrons. The molecule has 2 rings (SSSR count). The summed E-state index contributed by atoms with van der Waals surface area (Å²) in [5.74, 6) is -0.340. The Morgan fingerprint density at radius 3 is 2.24 bits per heavy atom. The summed E-state index contributed by atoms with van der Waals surface area (Å²) in [6.07, 6.45) is 0. The van der Waals surface area contributed by atoms with E-state index in [0.29, 0.717) is 0 Å². The lowest BCUT2D eigenvalue weighted by Gasteiger charge is -2.31. The molecule has 0 bridgehead atoms. The predicted molar refractivity (Wildman–Crippen MR) is 85.0 cm³/mol. The van der Waals surface area contributed by atoms with Crippen molar-refractivity contribution in [3.63, 3.8) is 0 Å². The van der Waals surface area contributed by atoms with E-state index in [-0.39, 0.29) is 54.9 Å². The van der Waals surface area contributed by atoms with Crippen LogP contribution in [0.15, 0.2) is 30.3 Å². The minimum absolute atomic E-state index is 0. The molecule has 0 saturated carbocycles. The quantitative estimate of drug-likeness (QED) is 0.895. The first kappa shape index (κ1) is 17.9. The van der Waals surface area contributed by atoms with Crippen LogP contribution in [0.3, 0.4) is 0 Å². The van der Waals surface area contributed by atoms with Gasteiger partial charge in [0, 0.05) is 19.1 Å². The van der Waals surface area contributed by atoms with E-state index in [2.05, 4.69) is 0 Å². The lowest BCUT2D eigenvalue weighted by molar-refractivity contribution is -0.135. The fourth-order valence-corrected chi connectivity index (χ4v) is 3.54. The molecule has 1 saturated heterocycles. The molecule has 7 heteroatoms. The zero-order valence-corrected chi connectivity index (χ0v) is 13.6. The van der Waals surface area contributed by atoms with E-state index >= 15 is 0 Å². The van der Waals surface area contributed by atoms with Crippen molar-refractivity contribution in [2.24, 2.45) is 11.7 Å². The highest BCUT2D eigenvalue weighted by Crippen LogP contribution is 2.21. The summed E-state index contributed by atoms with van der Waals surface area (Å²) in [5, 5.41) is 0. The second-order valence-corrected chi connectivity index (χ2v) is 7.51. The first-order valence-electron chi connectivity index (χ1n) is 6.70. The zero-order valence-electron chi connectivity index (χ0n) is 11.9. The van der Waals surface area contributed by atoms with Gasteiger partial charge in [0.05, 0.1) is 17.4 Å². The summed E-state index contributed by atoms with van der Waals surface area (Å²) in [6, 6.07) is 9.10. The second-order valence-electron chi connectivity index (χ2n) is 5.20. The lowest BCUT2D eigenvalue weighted by atomic mass is 9.94. The number of carbonyl (C=O) groups excluding carboxylic acids is 1. The number of carbonyl (C=O) groups is 1. The molecular formula is C14H21ClN2O3S. The van der Waals surface area contributed by atoms with E-state index in [9.17, 15) is 13.2 Å². The summed E-state index contributed by atoms with van der Waals surface area (Å²) in [4.78, 5) is 14.0. The van der Waals surface area contributed by atoms with Gasteiger partial charge in [-0.05, 0) is 5.56 Å². The summed E-state index contributed by atoms with van der Waals surface area (Å²) in [7, 11) is -2.97. The number of amides is 1. The van der Waals surface area contributed by atoms with Gasteiger partial charge in [0.15, 0.2) is 9.84 Å². The fourth-order valence-electron chi connectivity index (χ4n) is 2.34. The molecule has 2 atom stereocenters. The van der Waals surface area contributed by atoms with Gasteiger partial charge in [-0.25, -0.2) is 8.42 Å². The molecule has 1 fully saturated rings. The van der Waals surface area contributed by atoms with Crippen molar-refractivity contribution >= 4 is 28.2 Å². The van der Waals surface area contributed by atoms with Crippen LogP contribution in [0, 0.1) is 5.92 Å². The van der Waals surface area contributed by atoms with Crippen molar-refractivity contribution in [1.82, 2.24) is 4.90 Å². The lowest BCUT2D eigenvalue weighted by Crippen LogP contribution is -2.47. The van der Waals surface area contributed by atoms with Crippen LogP contribution in [0.1, 0.15) is 18.5 Å². The molecule has 1 aliphatic heterocycles. The van der Waals surface area contributed by atoms with E-state index in [1.54, 1.807) is 11.8 Å². The molecular weight excluding hydrogens is 312 g/mol. The predicted octanol–water partition coefficient (Wildman–Crippen LogP) is 1.00. The molecule has 21 heavy (non-hydrogen) atoms. The maximum atomic E-state index is 12.4. The number of benzene rings is 1. The Bertz CT molecular complexity index is 563. The van der Waals surface area contributed by atoms with Gasteiger partial charge in [-0.15, -0.1) is 12.4 Å². The van der Waals surface area contributed by atoms with Gasteiger partial charge >= 0.3 is 0 Å². The molecule has 118 valence electrons. The van der Waals surface area contributed by atoms with Crippen LogP contribution in [0.25, 0.3) is 0 Å². The highest BCUT2D eigenvalue weighted by atomic mass is 35.5. The van der Waals surface area contributed by atoms with E-state index < -0.39 is 9.84 Å². The van der Waals surface area contributed by atoms with Crippen molar-refractivity contribution in [2.45, 2.75) is 13.0 Å². The molecule has 1 aromatic carbocycles. The number of sulfone groups is 1. The fraction of sp³-hybridized carbons (Fsp3) is 0.500. The highest BCUT2D eigenvalue weighted by molar-refractivity contribution is 7.91. The minimum atomic E-state index is -2.97. The Balaban J connectivity index is 0.00000220. The third-order valence-electron chi connectivity index (χ3n) is 3.77. The van der Waals surface area contributed by atoms with Crippen LogP contribution in [0.2, 0.25) is 0 Å². The molecule has 2 N–H and O–H groups in total. The second kappa shape index (κ2) is 7.24. The van der Waals surface area contributed by atoms with Gasteiger partial charge in [-0.3, -0.25) is 4.79 Å². The van der Waals surface area contributed by atoms with Gasteiger partial charge in [-0.1, -0.05) is 37.3 Å². The van der Waals surface area contributed by atoms with Crippen LogP contribution in [-0.4, -0.2) is 43.8 Å². The number of nitrogens with two attached hydrogens (primary N) is 1. The maximum Gasteiger partial charge on any atom is 0.227 e. The molecule has 0 spiro atoms. The van der Waals surface area contributed by atoms with Gasteiger partial charge in [0.25, 0.3) is 0 Å². The first-order chi connectivity index (χ1) is 9.41. The molecule has 1 aromatic rings. The van der Waals surface area contributed by atoms with Crippen molar-refractivity contribution < 1.29 is 13.2 Å². The Morgan fingerprint density at radius 2 is 1.71 bits per heavy atom. The summed E-state index contributed by atoms with van der Waals surface area (Å²) in [6.45, 7) is 2.34. The van der Waals surface area contributed by atoms with Crippen molar-refractivity contribution in [1.29, 1.82) is 0 Å². The minimum Gasteiger partial charge on any atom is -0.340 e. The van der Waals surface area contributed by atoms with Crippen molar-refractivity contribution in [2.75, 3.05) is 24.6 Å². The molecule has 2 unspecified atom stereocenters. The van der Waals surface area contributed by atoms with E-state index in [4.69, 9.17) is 5.73 Å². The Labute approximate surface area is 131 Å². The Kier molecular flexibility index (Phi) is 6.19. The number of halogens is 1. The standard InChI is InChI=1S/C14H20N2O3S.ClH/c1-11(13(15)12-5-3-2-4-6-12)14(17)16-7-9-20(18,19)10-8-16;/h2-6,11,13H,7-10,15H2,1H3;1H. The van der Waals surface area contributed by atoms with E-state index in [0.717, 1.165) is 5.56 Å². The molecule has 1 amide bonds. The largest absolute Gasteiger partial charge is 0.340 e. The molecule has 1 aliphatic rings. The van der Waals surface area contributed by atoms with Crippen LogP contribution in [0.4, 0.5) is 0 Å². The molecule has 1 heterocycles. The van der Waals surface area contributed by atoms with Crippen LogP contribution in [0.5, 0.6) is 0 Å². The van der Waals surface area contributed by atoms with Gasteiger partial charge < -0.3 is 10.6 Å². The van der Waals surface area contributed by atoms with Crippen molar-refractivity contribution in [3.05, 3.63) is 35.9 Å². The van der Waals surface area contributed by atoms with Gasteiger partial charge in [0.2, 0.25) is 5.91 Å². The maximum absolute atomic E-state index is 12.4. The Hall–Kier alpha value is -1.11. The smallest absolute Gasteiger partial charge is 0.227 e. The van der Waals surface area contributed by atoms with E-state index in [1.165, 1.54) is 0 Å². The third kappa shape index (κ3) is 4.43. The van der Waals surface area contributed by atoms with Crippen molar-refractivity contribution in [3.8, 4) is 0 Å². The average Bonchev–Trinajstić information content (AvgIpc) is 2.46. The molecule has 0 aromatic heterocycles. The molecule has 5 nitrogen and oxygen atoms in total. The summed E-state index contributed by atoms with van der Waals surface area (Å²) >= 11 is 0. The Morgan fingerprint density at radius 1 is 1.19 bits per heavy atom. The number of nitrogens with zero attached hydrogens (tertiary/aromatic N) is 1. The monoisotopic (exact) mass is 332 g/mol. The normalized spacial score (nSPS) is 20.2. The van der Waals surface area contributed by atoms with Gasteiger partial charge in [-0.2, -0.15) is 0 Å². The van der Waals surface area contributed by atoms with Crippen LogP contribution >= 0.6 is 12.4 Å². The van der Waals surface area contributed by atoms with Gasteiger partial charge in [0.1, 0.15) is 0 Å². The zero-order chi connectivity index (χ0) is 14.8. The molecule has 0 aliphatic carbocycles. The average molecular weight is 333 g/mol. The van der Waals surface area contributed by atoms with Crippen LogP contribution in [-0.2, 0) is 14.6 Å². The number of rotatable bonds is 3. The van der Waals surface area contributed by atoms with Crippen LogP contribution < -0.4 is 5.73 Å². The highest BCUT2D eigenvalue weighted by Gasteiger charge is 2.30. The summed E-state index contributed by atoms with van der Waals surface area (Å²) < 4.78 is 22.8. The number of hydrogen-bond donors (Lipinski definition) is 1. The topological polar surface area (TPSA) is 80.5 Å². The third-order valence-corrected chi connectivity index (χ3v) is 5.38. The first-order valence-corrected chi connectivity index (χ1v) is 8.52. The summed E-state index contributed by atoms with van der Waals surface area (Å²) in [5.41, 5.74) is 7.05. The van der Waals surface area contributed by atoms with E-state index in [1.807, 2.05) is 30.3 Å². The SMILES string of the molecule is CC(C(=O)N1CCS(=O)(=O)CC1)C(N)c1ccccc1.Cl.